The number of aromatic nitrogens is 2. The predicted octanol–water partition coefficient (Wildman–Crippen LogP) is 4.32. The van der Waals surface area contributed by atoms with Crippen molar-refractivity contribution in [1.29, 1.82) is 10.5 Å². The van der Waals surface area contributed by atoms with Crippen LogP contribution in [0.5, 0.6) is 6.01 Å². The molecule has 1 aromatic heterocycles. The molecule has 3 saturated heterocycles. The lowest BCUT2D eigenvalue weighted by Crippen LogP contribution is -2.44. The van der Waals surface area contributed by atoms with Gasteiger partial charge in [-0.2, -0.15) is 20.5 Å². The molecule has 4 atom stereocenters. The zero-order chi connectivity index (χ0) is 28.9. The maximum atomic E-state index is 14.5. The second kappa shape index (κ2) is 10.7. The summed E-state index contributed by atoms with van der Waals surface area (Å²) in [5.74, 6) is 0.850. The molecule has 5 aliphatic rings. The second-order valence-electron chi connectivity index (χ2n) is 12.9. The molecule has 4 aliphatic heterocycles. The molecule has 0 saturated carbocycles. The number of halogens is 1. The van der Waals surface area contributed by atoms with Crippen molar-refractivity contribution in [1.82, 2.24) is 14.9 Å². The van der Waals surface area contributed by atoms with E-state index in [1.54, 1.807) is 0 Å². The maximum Gasteiger partial charge on any atom is 0.318 e. The molecule has 1 aliphatic carbocycles. The SMILES string of the molecule is N#Cc1c(N)ccc2c1[C@]1(CCC2)Cc2nc(OC[C@@]34CCCN3C[C@H](F)C4)nc(N3CCC[C@H](C#N)CC3)c2CO1. The highest BCUT2D eigenvalue weighted by atomic mass is 19.1. The summed E-state index contributed by atoms with van der Waals surface area (Å²) in [7, 11) is 0. The summed E-state index contributed by atoms with van der Waals surface area (Å²) in [5.41, 5.74) is 10.1. The minimum absolute atomic E-state index is 0.0416. The first-order valence-corrected chi connectivity index (χ1v) is 15.5. The molecule has 1 aromatic carbocycles. The number of alkyl halides is 1. The van der Waals surface area contributed by atoms with Crippen molar-refractivity contribution in [2.75, 3.05) is 43.4 Å². The molecule has 42 heavy (non-hydrogen) atoms. The van der Waals surface area contributed by atoms with Crippen molar-refractivity contribution in [2.45, 2.75) is 88.1 Å². The Hall–Kier alpha value is -3.47. The number of nitrogen functional groups attached to an aromatic ring is 1. The summed E-state index contributed by atoms with van der Waals surface area (Å²) in [6, 6.07) is 8.97. The van der Waals surface area contributed by atoms with Gasteiger partial charge in [0, 0.05) is 55.2 Å². The van der Waals surface area contributed by atoms with Crippen LogP contribution in [0.1, 0.15) is 79.3 Å². The molecule has 0 amide bonds. The van der Waals surface area contributed by atoms with Gasteiger partial charge in [-0.25, -0.2) is 4.39 Å². The first-order valence-electron chi connectivity index (χ1n) is 15.5. The number of aryl methyl sites for hydroxylation is 1. The van der Waals surface area contributed by atoms with E-state index in [2.05, 4.69) is 21.9 Å². The van der Waals surface area contributed by atoms with E-state index in [0.29, 0.717) is 49.9 Å². The Labute approximate surface area is 246 Å². The van der Waals surface area contributed by atoms with Crippen LogP contribution in [0.3, 0.4) is 0 Å². The topological polar surface area (TPSA) is 124 Å². The van der Waals surface area contributed by atoms with Crippen molar-refractivity contribution in [3.63, 3.8) is 0 Å². The fraction of sp³-hybridized carbons (Fsp3) is 0.625. The van der Waals surface area contributed by atoms with Crippen LogP contribution in [0.2, 0.25) is 0 Å². The number of fused-ring (bicyclic) bond motifs is 4. The van der Waals surface area contributed by atoms with E-state index >= 15 is 0 Å². The molecule has 5 heterocycles. The fourth-order valence-electron chi connectivity index (χ4n) is 8.25. The van der Waals surface area contributed by atoms with Crippen LogP contribution in [0.4, 0.5) is 15.9 Å². The summed E-state index contributed by atoms with van der Waals surface area (Å²) in [5, 5.41) is 19.6. The third-order valence-corrected chi connectivity index (χ3v) is 10.4. The minimum atomic E-state index is -0.829. The Balaban J connectivity index is 1.26. The third-order valence-electron chi connectivity index (χ3n) is 10.4. The van der Waals surface area contributed by atoms with Crippen molar-refractivity contribution < 1.29 is 13.9 Å². The second-order valence-corrected chi connectivity index (χ2v) is 12.9. The quantitative estimate of drug-likeness (QED) is 0.534. The summed E-state index contributed by atoms with van der Waals surface area (Å²) < 4.78 is 27.6. The van der Waals surface area contributed by atoms with E-state index in [-0.39, 0.29) is 11.5 Å². The monoisotopic (exact) mass is 571 g/mol. The number of nitrogens with zero attached hydrogens (tertiary/aromatic N) is 6. The van der Waals surface area contributed by atoms with E-state index in [0.717, 1.165) is 99.2 Å². The molecular formula is C32H38FN7O2. The maximum absolute atomic E-state index is 14.5. The molecule has 0 bridgehead atoms. The molecule has 10 heteroatoms. The number of ether oxygens (including phenoxy) is 2. The smallest absolute Gasteiger partial charge is 0.318 e. The average Bonchev–Trinajstić information content (AvgIpc) is 3.40. The predicted molar refractivity (Wildman–Crippen MR) is 154 cm³/mol. The van der Waals surface area contributed by atoms with Crippen molar-refractivity contribution >= 4 is 11.5 Å². The number of benzene rings is 1. The molecular weight excluding hydrogens is 533 g/mol. The normalized spacial score (nSPS) is 30.6. The van der Waals surface area contributed by atoms with Crippen molar-refractivity contribution in [3.05, 3.63) is 40.1 Å². The van der Waals surface area contributed by atoms with Gasteiger partial charge in [-0.1, -0.05) is 6.07 Å². The van der Waals surface area contributed by atoms with Gasteiger partial charge in [-0.15, -0.1) is 0 Å². The Morgan fingerprint density at radius 3 is 2.88 bits per heavy atom. The molecule has 0 unspecified atom stereocenters. The van der Waals surface area contributed by atoms with Crippen LogP contribution in [-0.4, -0.2) is 59.4 Å². The number of hydrogen-bond acceptors (Lipinski definition) is 9. The number of hydrogen-bond donors (Lipinski definition) is 1. The zero-order valence-electron chi connectivity index (χ0n) is 24.1. The van der Waals surface area contributed by atoms with Crippen LogP contribution in [0.25, 0.3) is 0 Å². The lowest BCUT2D eigenvalue weighted by molar-refractivity contribution is -0.0857. The largest absolute Gasteiger partial charge is 0.461 e. The van der Waals surface area contributed by atoms with Crippen molar-refractivity contribution in [3.8, 4) is 18.1 Å². The summed E-state index contributed by atoms with van der Waals surface area (Å²) >= 11 is 0. The van der Waals surface area contributed by atoms with Crippen LogP contribution in [0.15, 0.2) is 12.1 Å². The lowest BCUT2D eigenvalue weighted by Gasteiger charge is -2.43. The third kappa shape index (κ3) is 4.56. The van der Waals surface area contributed by atoms with E-state index in [9.17, 15) is 14.9 Å². The lowest BCUT2D eigenvalue weighted by atomic mass is 9.72. The number of nitriles is 2. The fourth-order valence-corrected chi connectivity index (χ4v) is 8.25. The summed E-state index contributed by atoms with van der Waals surface area (Å²) in [6.45, 7) is 3.58. The Morgan fingerprint density at radius 1 is 1.12 bits per heavy atom. The molecule has 2 N–H and O–H groups in total. The van der Waals surface area contributed by atoms with Crippen LogP contribution >= 0.6 is 0 Å². The zero-order valence-corrected chi connectivity index (χ0v) is 24.1. The van der Waals surface area contributed by atoms with E-state index < -0.39 is 11.8 Å². The van der Waals surface area contributed by atoms with Crippen LogP contribution < -0.4 is 15.4 Å². The van der Waals surface area contributed by atoms with Gasteiger partial charge in [-0.3, -0.25) is 4.90 Å². The molecule has 9 nitrogen and oxygen atoms in total. The first kappa shape index (κ1) is 27.4. The Morgan fingerprint density at radius 2 is 2.02 bits per heavy atom. The molecule has 0 radical (unpaired) electrons. The first-order chi connectivity index (χ1) is 20.4. The number of anilines is 2. The molecule has 7 rings (SSSR count). The molecule has 220 valence electrons. The molecule has 2 aromatic rings. The van der Waals surface area contributed by atoms with Gasteiger partial charge >= 0.3 is 6.01 Å². The summed E-state index contributed by atoms with van der Waals surface area (Å²) in [6.07, 6.45) is 7.29. The molecule has 3 fully saturated rings. The Kier molecular flexibility index (Phi) is 6.95. The van der Waals surface area contributed by atoms with Crippen LogP contribution in [-0.2, 0) is 29.8 Å². The van der Waals surface area contributed by atoms with Gasteiger partial charge < -0.3 is 20.1 Å². The minimum Gasteiger partial charge on any atom is -0.461 e. The van der Waals surface area contributed by atoms with Gasteiger partial charge in [0.05, 0.1) is 29.5 Å². The highest BCUT2D eigenvalue weighted by Crippen LogP contribution is 2.48. The number of nitrogens with two attached hydrogens (primary N) is 1. The van der Waals surface area contributed by atoms with Gasteiger partial charge in [0.25, 0.3) is 0 Å². The highest BCUT2D eigenvalue weighted by Gasteiger charge is 2.50. The van der Waals surface area contributed by atoms with Crippen LogP contribution in [0, 0.1) is 28.6 Å². The highest BCUT2D eigenvalue weighted by molar-refractivity contribution is 5.63. The van der Waals surface area contributed by atoms with Gasteiger partial charge in [-0.05, 0) is 69.5 Å². The average molecular weight is 572 g/mol. The Bertz CT molecular complexity index is 1470. The molecule has 1 spiro atoms. The van der Waals surface area contributed by atoms with Crippen molar-refractivity contribution in [2.24, 2.45) is 5.92 Å². The van der Waals surface area contributed by atoms with Gasteiger partial charge in [0.1, 0.15) is 30.3 Å². The summed E-state index contributed by atoms with van der Waals surface area (Å²) in [4.78, 5) is 14.5. The standard InChI is InChI=1S/C32H38FN7O2/c33-23-14-31(9-3-12-40(31)18-23)20-41-30-37-27-15-32(10-1-5-22-6-7-26(36)24(17-35)28(22)32)42-19-25(27)29(38-30)39-11-2-4-21(16-34)8-13-39/h6-7,21,23H,1-5,8-15,18-20,36H2/t21-,23+,31-,32-/m0/s1. The van der Waals surface area contributed by atoms with E-state index in [4.69, 9.17) is 25.2 Å². The van der Waals surface area contributed by atoms with Gasteiger partial charge in [0.15, 0.2) is 0 Å². The van der Waals surface area contributed by atoms with E-state index in [1.165, 1.54) is 0 Å². The van der Waals surface area contributed by atoms with E-state index in [1.807, 2.05) is 12.1 Å². The number of rotatable bonds is 4. The van der Waals surface area contributed by atoms with Gasteiger partial charge in [0.2, 0.25) is 0 Å².